The molecule has 1 aromatic rings. The van der Waals surface area contributed by atoms with Crippen molar-refractivity contribution in [2.24, 2.45) is 0 Å². The fourth-order valence-electron chi connectivity index (χ4n) is 1.29. The standard InChI is InChI=1S/C11H14Cl2O2/c1-3-10(14)7-5-9(13)11(15-4-2)6-8(7)12/h5-6,10,14H,3-4H2,1-2H3/t10-/m1/s1. The molecule has 0 saturated heterocycles. The summed E-state index contributed by atoms with van der Waals surface area (Å²) in [4.78, 5) is 0. The molecular weight excluding hydrogens is 235 g/mol. The van der Waals surface area contributed by atoms with Crippen LogP contribution in [0.4, 0.5) is 0 Å². The maximum atomic E-state index is 9.67. The van der Waals surface area contributed by atoms with E-state index in [4.69, 9.17) is 27.9 Å². The molecule has 2 nitrogen and oxygen atoms in total. The number of aliphatic hydroxyl groups excluding tert-OH is 1. The molecule has 1 atom stereocenters. The van der Waals surface area contributed by atoms with Crippen LogP contribution in [0.15, 0.2) is 12.1 Å². The molecule has 84 valence electrons. The normalized spacial score (nSPS) is 12.6. The van der Waals surface area contributed by atoms with E-state index in [0.717, 1.165) is 0 Å². The molecule has 0 aromatic heterocycles. The van der Waals surface area contributed by atoms with Gasteiger partial charge >= 0.3 is 0 Å². The number of rotatable bonds is 4. The average Bonchev–Trinajstić information content (AvgIpc) is 2.22. The van der Waals surface area contributed by atoms with Crippen LogP contribution in [0.2, 0.25) is 10.0 Å². The number of hydrogen-bond acceptors (Lipinski definition) is 2. The van der Waals surface area contributed by atoms with E-state index in [-0.39, 0.29) is 0 Å². The molecule has 4 heteroatoms. The van der Waals surface area contributed by atoms with Crippen LogP contribution in [0, 0.1) is 0 Å². The highest BCUT2D eigenvalue weighted by Crippen LogP contribution is 2.34. The highest BCUT2D eigenvalue weighted by Gasteiger charge is 2.13. The molecule has 0 saturated carbocycles. The van der Waals surface area contributed by atoms with Gasteiger partial charge in [0.1, 0.15) is 5.75 Å². The van der Waals surface area contributed by atoms with E-state index in [1.807, 2.05) is 13.8 Å². The Morgan fingerprint density at radius 2 is 1.93 bits per heavy atom. The van der Waals surface area contributed by atoms with Crippen LogP contribution in [0.1, 0.15) is 31.9 Å². The first-order valence-corrected chi connectivity index (χ1v) is 5.65. The lowest BCUT2D eigenvalue weighted by Crippen LogP contribution is -1.98. The van der Waals surface area contributed by atoms with Crippen molar-refractivity contribution < 1.29 is 9.84 Å². The monoisotopic (exact) mass is 248 g/mol. The largest absolute Gasteiger partial charge is 0.492 e. The van der Waals surface area contributed by atoms with Crippen LogP contribution in [0.25, 0.3) is 0 Å². The average molecular weight is 249 g/mol. The Kier molecular flexibility index (Phi) is 4.71. The van der Waals surface area contributed by atoms with E-state index in [1.165, 1.54) is 0 Å². The summed E-state index contributed by atoms with van der Waals surface area (Å²) in [7, 11) is 0. The second-order valence-corrected chi connectivity index (χ2v) is 3.98. The molecule has 0 radical (unpaired) electrons. The lowest BCUT2D eigenvalue weighted by Gasteiger charge is -2.13. The highest BCUT2D eigenvalue weighted by atomic mass is 35.5. The number of halogens is 2. The summed E-state index contributed by atoms with van der Waals surface area (Å²) in [6.07, 6.45) is 0.0231. The minimum Gasteiger partial charge on any atom is -0.492 e. The lowest BCUT2D eigenvalue weighted by atomic mass is 10.1. The molecule has 0 heterocycles. The van der Waals surface area contributed by atoms with Gasteiger partial charge in [0.25, 0.3) is 0 Å². The summed E-state index contributed by atoms with van der Waals surface area (Å²) in [5.74, 6) is 0.552. The van der Waals surface area contributed by atoms with Crippen molar-refractivity contribution in [1.29, 1.82) is 0 Å². The third-order valence-corrected chi connectivity index (χ3v) is 2.72. The zero-order valence-corrected chi connectivity index (χ0v) is 10.3. The number of ether oxygens (including phenoxy) is 1. The smallest absolute Gasteiger partial charge is 0.139 e. The van der Waals surface area contributed by atoms with E-state index in [2.05, 4.69) is 0 Å². The second-order valence-electron chi connectivity index (χ2n) is 3.16. The molecule has 0 aliphatic carbocycles. The Morgan fingerprint density at radius 3 is 2.47 bits per heavy atom. The molecule has 0 aliphatic heterocycles. The minimum absolute atomic E-state index is 0.476. The van der Waals surface area contributed by atoms with Crippen LogP contribution in [-0.4, -0.2) is 11.7 Å². The molecule has 1 rings (SSSR count). The second kappa shape index (κ2) is 5.59. The summed E-state index contributed by atoms with van der Waals surface area (Å²) in [6, 6.07) is 3.30. The predicted octanol–water partition coefficient (Wildman–Crippen LogP) is 3.84. The van der Waals surface area contributed by atoms with Gasteiger partial charge in [-0.15, -0.1) is 0 Å². The molecule has 0 aliphatic rings. The fraction of sp³-hybridized carbons (Fsp3) is 0.455. The van der Waals surface area contributed by atoms with E-state index in [0.29, 0.717) is 34.4 Å². The predicted molar refractivity (Wildman–Crippen MR) is 62.9 cm³/mol. The van der Waals surface area contributed by atoms with Crippen molar-refractivity contribution in [2.75, 3.05) is 6.61 Å². The van der Waals surface area contributed by atoms with Crippen molar-refractivity contribution in [3.63, 3.8) is 0 Å². The summed E-state index contributed by atoms with van der Waals surface area (Å²) >= 11 is 12.0. The summed E-state index contributed by atoms with van der Waals surface area (Å²) in [6.45, 7) is 4.29. The lowest BCUT2D eigenvalue weighted by molar-refractivity contribution is 0.173. The first-order valence-electron chi connectivity index (χ1n) is 4.89. The first kappa shape index (κ1) is 12.6. The number of aliphatic hydroxyl groups is 1. The zero-order valence-electron chi connectivity index (χ0n) is 8.76. The number of hydrogen-bond donors (Lipinski definition) is 1. The summed E-state index contributed by atoms with van der Waals surface area (Å²) < 4.78 is 5.29. The van der Waals surface area contributed by atoms with Gasteiger partial charge in [0.05, 0.1) is 22.8 Å². The van der Waals surface area contributed by atoms with E-state index >= 15 is 0 Å². The van der Waals surface area contributed by atoms with Gasteiger partial charge in [0.2, 0.25) is 0 Å². The maximum Gasteiger partial charge on any atom is 0.139 e. The molecule has 0 spiro atoms. The van der Waals surface area contributed by atoms with E-state index in [1.54, 1.807) is 12.1 Å². The Bertz CT molecular complexity index is 340. The van der Waals surface area contributed by atoms with E-state index < -0.39 is 6.10 Å². The van der Waals surface area contributed by atoms with Gasteiger partial charge in [-0.2, -0.15) is 0 Å². The van der Waals surface area contributed by atoms with Gasteiger partial charge in [-0.25, -0.2) is 0 Å². The van der Waals surface area contributed by atoms with Crippen LogP contribution in [0.5, 0.6) is 5.75 Å². The Balaban J connectivity index is 3.07. The van der Waals surface area contributed by atoms with Crippen LogP contribution in [-0.2, 0) is 0 Å². The fourth-order valence-corrected chi connectivity index (χ4v) is 1.79. The van der Waals surface area contributed by atoms with Crippen LogP contribution >= 0.6 is 23.2 Å². The van der Waals surface area contributed by atoms with E-state index in [9.17, 15) is 5.11 Å². The molecule has 0 fully saturated rings. The van der Waals surface area contributed by atoms with Crippen LogP contribution in [0.3, 0.4) is 0 Å². The van der Waals surface area contributed by atoms with Gasteiger partial charge < -0.3 is 9.84 Å². The molecule has 1 aromatic carbocycles. The van der Waals surface area contributed by atoms with Gasteiger partial charge in [-0.1, -0.05) is 30.1 Å². The summed E-state index contributed by atoms with van der Waals surface area (Å²) in [5.41, 5.74) is 0.646. The van der Waals surface area contributed by atoms with Crippen molar-refractivity contribution in [3.05, 3.63) is 27.7 Å². The first-order chi connectivity index (χ1) is 7.10. The highest BCUT2D eigenvalue weighted by molar-refractivity contribution is 6.34. The Hall–Kier alpha value is -0.440. The number of benzene rings is 1. The molecular formula is C11H14Cl2O2. The van der Waals surface area contributed by atoms with Crippen molar-refractivity contribution in [3.8, 4) is 5.75 Å². The third-order valence-electron chi connectivity index (χ3n) is 2.10. The Morgan fingerprint density at radius 1 is 1.27 bits per heavy atom. The van der Waals surface area contributed by atoms with Crippen LogP contribution < -0.4 is 4.74 Å². The minimum atomic E-state index is -0.578. The van der Waals surface area contributed by atoms with Gasteiger partial charge in [0, 0.05) is 11.6 Å². The molecule has 15 heavy (non-hydrogen) atoms. The molecule has 0 amide bonds. The topological polar surface area (TPSA) is 29.5 Å². The summed E-state index contributed by atoms with van der Waals surface area (Å²) in [5, 5.41) is 10.6. The molecule has 0 bridgehead atoms. The maximum absolute atomic E-state index is 9.67. The zero-order chi connectivity index (χ0) is 11.4. The van der Waals surface area contributed by atoms with Gasteiger partial charge in [-0.05, 0) is 19.4 Å². The van der Waals surface area contributed by atoms with Crippen molar-refractivity contribution in [1.82, 2.24) is 0 Å². The Labute approximate surface area is 99.8 Å². The molecule has 1 N–H and O–H groups in total. The van der Waals surface area contributed by atoms with Crippen molar-refractivity contribution >= 4 is 23.2 Å². The third kappa shape index (κ3) is 3.00. The van der Waals surface area contributed by atoms with Crippen molar-refractivity contribution in [2.45, 2.75) is 26.4 Å². The SMILES string of the molecule is CCOc1cc(Cl)c([C@H](O)CC)cc1Cl. The van der Waals surface area contributed by atoms with Gasteiger partial charge in [0.15, 0.2) is 0 Å². The quantitative estimate of drug-likeness (QED) is 0.878. The van der Waals surface area contributed by atoms with Gasteiger partial charge in [-0.3, -0.25) is 0 Å². The molecule has 0 unspecified atom stereocenters.